The molecule has 1 aliphatic rings. The molecule has 0 bridgehead atoms. The third-order valence-corrected chi connectivity index (χ3v) is 3.60. The molecule has 1 amide bonds. The first-order valence-corrected chi connectivity index (χ1v) is 7.19. The predicted molar refractivity (Wildman–Crippen MR) is 68.8 cm³/mol. The summed E-state index contributed by atoms with van der Waals surface area (Å²) in [7, 11) is 0. The molecule has 0 saturated heterocycles. The number of rotatable bonds is 8. The average molecular weight is 246 g/mol. The van der Waals surface area contributed by atoms with Crippen LogP contribution in [0.1, 0.15) is 57.8 Å². The van der Waals surface area contributed by atoms with Gasteiger partial charge < -0.3 is 5.32 Å². The first-order valence-electron chi connectivity index (χ1n) is 6.65. The third-order valence-electron chi connectivity index (χ3n) is 3.33. The molecule has 2 nitrogen and oxygen atoms in total. The lowest BCUT2D eigenvalue weighted by atomic mass is 10.0. The second-order valence-electron chi connectivity index (χ2n) is 4.81. The van der Waals surface area contributed by atoms with Crippen LogP contribution in [0.3, 0.4) is 0 Å². The molecule has 0 heterocycles. The van der Waals surface area contributed by atoms with Crippen LogP contribution in [0.5, 0.6) is 0 Å². The molecule has 1 rings (SSSR count). The molecule has 0 aliphatic heterocycles. The Morgan fingerprint density at radius 3 is 2.50 bits per heavy atom. The molecule has 0 radical (unpaired) electrons. The zero-order valence-corrected chi connectivity index (χ0v) is 10.9. The second-order valence-corrected chi connectivity index (χ2v) is 5.19. The summed E-state index contributed by atoms with van der Waals surface area (Å²) in [6.07, 6.45) is 10.4. The molecule has 3 heteroatoms. The van der Waals surface area contributed by atoms with Crippen LogP contribution in [0, 0.1) is 5.92 Å². The zero-order chi connectivity index (χ0) is 11.6. The van der Waals surface area contributed by atoms with Crippen LogP contribution in [0.25, 0.3) is 0 Å². The van der Waals surface area contributed by atoms with Gasteiger partial charge in [0.25, 0.3) is 0 Å². The highest BCUT2D eigenvalue weighted by Gasteiger charge is 2.17. The fraction of sp³-hybridized carbons (Fsp3) is 0.923. The molecular formula is C13H24ClNO. The number of hydrogen-bond donors (Lipinski definition) is 1. The maximum atomic E-state index is 11.6. The number of hydrogen-bond acceptors (Lipinski definition) is 1. The molecule has 1 fully saturated rings. The van der Waals surface area contributed by atoms with Crippen molar-refractivity contribution >= 4 is 17.5 Å². The monoisotopic (exact) mass is 245 g/mol. The van der Waals surface area contributed by atoms with Crippen LogP contribution in [-0.2, 0) is 4.79 Å². The van der Waals surface area contributed by atoms with E-state index in [1.165, 1.54) is 38.5 Å². The van der Waals surface area contributed by atoms with Crippen LogP contribution in [0.4, 0.5) is 0 Å². The van der Waals surface area contributed by atoms with Gasteiger partial charge in [-0.25, -0.2) is 0 Å². The van der Waals surface area contributed by atoms with Gasteiger partial charge in [-0.3, -0.25) is 4.79 Å². The number of nitrogens with one attached hydrogen (secondary N) is 1. The fourth-order valence-electron chi connectivity index (χ4n) is 2.35. The molecule has 1 aliphatic carbocycles. The predicted octanol–water partition coefficient (Wildman–Crippen LogP) is 3.48. The van der Waals surface area contributed by atoms with E-state index in [0.717, 1.165) is 31.7 Å². The summed E-state index contributed by atoms with van der Waals surface area (Å²) in [5, 5.41) is 3.01. The summed E-state index contributed by atoms with van der Waals surface area (Å²) in [6.45, 7) is 0.841. The average Bonchev–Trinajstić information content (AvgIpc) is 2.76. The minimum absolute atomic E-state index is 0.254. The van der Waals surface area contributed by atoms with E-state index in [0.29, 0.717) is 5.92 Å². The van der Waals surface area contributed by atoms with Crippen molar-refractivity contribution in [1.82, 2.24) is 5.32 Å². The molecule has 0 unspecified atom stereocenters. The molecule has 0 spiro atoms. The Labute approximate surface area is 104 Å². The molecule has 0 aromatic heterocycles. The van der Waals surface area contributed by atoms with Crippen molar-refractivity contribution in [2.24, 2.45) is 5.92 Å². The van der Waals surface area contributed by atoms with E-state index in [1.54, 1.807) is 0 Å². The Balaban J connectivity index is 1.89. The van der Waals surface area contributed by atoms with Crippen molar-refractivity contribution < 1.29 is 4.79 Å². The quantitative estimate of drug-likeness (QED) is 0.515. The highest BCUT2D eigenvalue weighted by Crippen LogP contribution is 2.27. The van der Waals surface area contributed by atoms with Crippen LogP contribution >= 0.6 is 11.6 Å². The fourth-order valence-corrected chi connectivity index (χ4v) is 2.54. The first kappa shape index (κ1) is 13.8. The number of alkyl halides is 1. The summed E-state index contributed by atoms with van der Waals surface area (Å²) in [6, 6.07) is 0. The van der Waals surface area contributed by atoms with E-state index in [9.17, 15) is 4.79 Å². The van der Waals surface area contributed by atoms with Gasteiger partial charge in [0.2, 0.25) is 5.91 Å². The molecule has 1 N–H and O–H groups in total. The van der Waals surface area contributed by atoms with E-state index in [4.69, 9.17) is 11.6 Å². The van der Waals surface area contributed by atoms with Gasteiger partial charge in [-0.05, 0) is 31.6 Å². The van der Waals surface area contributed by atoms with E-state index in [-0.39, 0.29) is 5.91 Å². The van der Waals surface area contributed by atoms with E-state index in [2.05, 4.69) is 5.32 Å². The molecule has 94 valence electrons. The van der Waals surface area contributed by atoms with Crippen molar-refractivity contribution in [2.45, 2.75) is 57.8 Å². The van der Waals surface area contributed by atoms with Crippen molar-refractivity contribution in [3.05, 3.63) is 0 Å². The molecule has 16 heavy (non-hydrogen) atoms. The van der Waals surface area contributed by atoms with Gasteiger partial charge in [-0.2, -0.15) is 0 Å². The number of unbranched alkanes of at least 4 members (excludes halogenated alkanes) is 3. The highest BCUT2D eigenvalue weighted by molar-refractivity contribution is 6.17. The summed E-state index contributed by atoms with van der Waals surface area (Å²) in [4.78, 5) is 11.6. The topological polar surface area (TPSA) is 29.1 Å². The summed E-state index contributed by atoms with van der Waals surface area (Å²) < 4.78 is 0. The normalized spacial score (nSPS) is 16.6. The first-order chi connectivity index (χ1) is 7.83. The summed E-state index contributed by atoms with van der Waals surface area (Å²) in [5.41, 5.74) is 0. The van der Waals surface area contributed by atoms with Crippen LogP contribution in [-0.4, -0.2) is 18.3 Å². The lowest BCUT2D eigenvalue weighted by molar-refractivity contribution is -0.121. The summed E-state index contributed by atoms with van der Waals surface area (Å²) >= 11 is 5.59. The molecule has 1 saturated carbocycles. The Morgan fingerprint density at radius 2 is 1.81 bits per heavy atom. The Kier molecular flexibility index (Phi) is 7.65. The SMILES string of the molecule is O=C(CC1CCCC1)NCCCCCCCl. The second kappa shape index (κ2) is 8.86. The van der Waals surface area contributed by atoms with Crippen molar-refractivity contribution in [2.75, 3.05) is 12.4 Å². The van der Waals surface area contributed by atoms with Gasteiger partial charge in [0.15, 0.2) is 0 Å². The van der Waals surface area contributed by atoms with Gasteiger partial charge in [-0.15, -0.1) is 11.6 Å². The van der Waals surface area contributed by atoms with Crippen molar-refractivity contribution in [1.29, 1.82) is 0 Å². The lowest BCUT2D eigenvalue weighted by Crippen LogP contribution is -2.25. The lowest BCUT2D eigenvalue weighted by Gasteiger charge is -2.09. The minimum Gasteiger partial charge on any atom is -0.356 e. The maximum Gasteiger partial charge on any atom is 0.220 e. The molecule has 0 aromatic carbocycles. The zero-order valence-electron chi connectivity index (χ0n) is 10.1. The van der Waals surface area contributed by atoms with E-state index < -0.39 is 0 Å². The Hall–Kier alpha value is -0.240. The van der Waals surface area contributed by atoms with E-state index >= 15 is 0 Å². The maximum absolute atomic E-state index is 11.6. The Bertz CT molecular complexity index is 190. The number of carbonyl (C=O) groups excluding carboxylic acids is 1. The molecule has 0 aromatic rings. The molecule has 0 atom stereocenters. The minimum atomic E-state index is 0.254. The van der Waals surface area contributed by atoms with Crippen LogP contribution in [0.15, 0.2) is 0 Å². The van der Waals surface area contributed by atoms with Gasteiger partial charge in [0.05, 0.1) is 0 Å². The summed E-state index contributed by atoms with van der Waals surface area (Å²) in [5.74, 6) is 1.68. The largest absolute Gasteiger partial charge is 0.356 e. The number of amides is 1. The Morgan fingerprint density at radius 1 is 1.12 bits per heavy atom. The highest BCUT2D eigenvalue weighted by atomic mass is 35.5. The van der Waals surface area contributed by atoms with Crippen LogP contribution < -0.4 is 5.32 Å². The van der Waals surface area contributed by atoms with E-state index in [1.807, 2.05) is 0 Å². The third kappa shape index (κ3) is 6.37. The van der Waals surface area contributed by atoms with Crippen LogP contribution in [0.2, 0.25) is 0 Å². The van der Waals surface area contributed by atoms with Gasteiger partial charge in [-0.1, -0.05) is 25.7 Å². The standard InChI is InChI=1S/C13H24ClNO/c14-9-5-1-2-6-10-15-13(16)11-12-7-3-4-8-12/h12H,1-11H2,(H,15,16). The van der Waals surface area contributed by atoms with Gasteiger partial charge in [0, 0.05) is 18.8 Å². The van der Waals surface area contributed by atoms with Crippen molar-refractivity contribution in [3.8, 4) is 0 Å². The number of halogens is 1. The van der Waals surface area contributed by atoms with Gasteiger partial charge >= 0.3 is 0 Å². The number of carbonyl (C=O) groups is 1. The molecular weight excluding hydrogens is 222 g/mol. The smallest absolute Gasteiger partial charge is 0.220 e. The van der Waals surface area contributed by atoms with Gasteiger partial charge in [0.1, 0.15) is 0 Å². The van der Waals surface area contributed by atoms with Crippen molar-refractivity contribution in [3.63, 3.8) is 0 Å².